The van der Waals surface area contributed by atoms with E-state index in [4.69, 9.17) is 4.74 Å². The van der Waals surface area contributed by atoms with Gasteiger partial charge in [0.15, 0.2) is 0 Å². The summed E-state index contributed by atoms with van der Waals surface area (Å²) >= 11 is 0. The van der Waals surface area contributed by atoms with Crippen LogP contribution < -0.4 is 0 Å². The molecule has 22 heavy (non-hydrogen) atoms. The molecule has 1 saturated heterocycles. The van der Waals surface area contributed by atoms with Gasteiger partial charge < -0.3 is 14.5 Å². The van der Waals surface area contributed by atoms with E-state index in [0.29, 0.717) is 25.4 Å². The average molecular weight is 310 g/mol. The third-order valence-electron chi connectivity index (χ3n) is 4.33. The Kier molecular flexibility index (Phi) is 5.35. The molecule has 1 heterocycles. The first-order valence-electron chi connectivity index (χ1n) is 8.57. The zero-order valence-corrected chi connectivity index (χ0v) is 14.4. The van der Waals surface area contributed by atoms with Crippen LogP contribution in [0, 0.1) is 5.92 Å². The van der Waals surface area contributed by atoms with Gasteiger partial charge >= 0.3 is 6.09 Å². The minimum atomic E-state index is -0.454. The van der Waals surface area contributed by atoms with Gasteiger partial charge in [-0.25, -0.2) is 4.79 Å². The number of piperidine rings is 1. The molecule has 126 valence electrons. The fraction of sp³-hybridized carbons (Fsp3) is 0.882. The highest BCUT2D eigenvalue weighted by atomic mass is 16.6. The van der Waals surface area contributed by atoms with Crippen LogP contribution in [0.15, 0.2) is 0 Å². The molecule has 2 aliphatic rings. The molecule has 0 bridgehead atoms. The summed E-state index contributed by atoms with van der Waals surface area (Å²) in [5.41, 5.74) is -0.454. The molecule has 0 aromatic heterocycles. The molecule has 0 aromatic carbocycles. The predicted octanol–water partition coefficient (Wildman–Crippen LogP) is 3.03. The van der Waals surface area contributed by atoms with E-state index in [1.54, 1.807) is 4.90 Å². The zero-order valence-electron chi connectivity index (χ0n) is 14.4. The van der Waals surface area contributed by atoms with Crippen LogP contribution in [0.5, 0.6) is 0 Å². The third kappa shape index (κ3) is 4.89. The Hall–Kier alpha value is -1.26. The molecular formula is C17H30N2O3. The molecule has 0 radical (unpaired) electrons. The highest BCUT2D eigenvalue weighted by Crippen LogP contribution is 2.32. The van der Waals surface area contributed by atoms with E-state index >= 15 is 0 Å². The Morgan fingerprint density at radius 2 is 1.73 bits per heavy atom. The smallest absolute Gasteiger partial charge is 0.410 e. The maximum Gasteiger partial charge on any atom is 0.410 e. The van der Waals surface area contributed by atoms with Crippen LogP contribution in [0.2, 0.25) is 0 Å². The second-order valence-corrected chi connectivity index (χ2v) is 7.54. The van der Waals surface area contributed by atoms with Crippen molar-refractivity contribution in [1.82, 2.24) is 9.80 Å². The number of hydrogen-bond acceptors (Lipinski definition) is 3. The molecule has 2 fully saturated rings. The van der Waals surface area contributed by atoms with Crippen molar-refractivity contribution < 1.29 is 14.3 Å². The fourth-order valence-corrected chi connectivity index (χ4v) is 2.92. The molecule has 0 N–H and O–H groups in total. The molecule has 0 aromatic rings. The lowest BCUT2D eigenvalue weighted by atomic mass is 10.0. The molecule has 1 aliphatic carbocycles. The van der Waals surface area contributed by atoms with Crippen molar-refractivity contribution in [2.45, 2.75) is 71.4 Å². The van der Waals surface area contributed by atoms with E-state index in [1.807, 2.05) is 27.7 Å². The molecular weight excluding hydrogens is 280 g/mol. The van der Waals surface area contributed by atoms with E-state index in [9.17, 15) is 9.59 Å². The first-order chi connectivity index (χ1) is 10.3. The summed E-state index contributed by atoms with van der Waals surface area (Å²) < 4.78 is 5.42. The molecule has 0 unspecified atom stereocenters. The fourth-order valence-electron chi connectivity index (χ4n) is 2.92. The van der Waals surface area contributed by atoms with Crippen molar-refractivity contribution in [2.24, 2.45) is 5.92 Å². The lowest BCUT2D eigenvalue weighted by Gasteiger charge is -2.39. The molecule has 1 aliphatic heterocycles. The summed E-state index contributed by atoms with van der Waals surface area (Å²) in [4.78, 5) is 28.1. The van der Waals surface area contributed by atoms with E-state index in [-0.39, 0.29) is 18.0 Å². The lowest BCUT2D eigenvalue weighted by Crippen LogP contribution is -2.50. The number of carbonyl (C=O) groups excluding carboxylic acids is 2. The van der Waals surface area contributed by atoms with Gasteiger partial charge in [-0.15, -0.1) is 0 Å². The van der Waals surface area contributed by atoms with E-state index < -0.39 is 5.60 Å². The number of rotatable bonds is 4. The number of likely N-dealkylation sites (tertiary alicyclic amines) is 1. The Labute approximate surface area is 134 Å². The molecule has 5 nitrogen and oxygen atoms in total. The van der Waals surface area contributed by atoms with E-state index in [1.165, 1.54) is 12.8 Å². The van der Waals surface area contributed by atoms with Crippen molar-refractivity contribution in [1.29, 1.82) is 0 Å². The zero-order chi connectivity index (χ0) is 16.3. The first kappa shape index (κ1) is 17.1. The van der Waals surface area contributed by atoms with Gasteiger partial charge in [-0.2, -0.15) is 0 Å². The predicted molar refractivity (Wildman–Crippen MR) is 85.6 cm³/mol. The summed E-state index contributed by atoms with van der Waals surface area (Å²) in [6.45, 7) is 9.84. The van der Waals surface area contributed by atoms with Crippen LogP contribution in [-0.2, 0) is 9.53 Å². The standard InChI is InChI=1S/C17H30N2O3/c1-5-15(20)19(12-13-6-7-13)14-8-10-18(11-9-14)16(21)22-17(2,3)4/h13-14H,5-12H2,1-4H3. The summed E-state index contributed by atoms with van der Waals surface area (Å²) in [6, 6.07) is 0.284. The lowest BCUT2D eigenvalue weighted by molar-refractivity contribution is -0.134. The summed E-state index contributed by atoms with van der Waals surface area (Å²) in [7, 11) is 0. The van der Waals surface area contributed by atoms with Crippen molar-refractivity contribution in [3.8, 4) is 0 Å². The van der Waals surface area contributed by atoms with E-state index in [0.717, 1.165) is 19.4 Å². The number of amides is 2. The number of hydrogen-bond donors (Lipinski definition) is 0. The van der Waals surface area contributed by atoms with Crippen molar-refractivity contribution in [3.05, 3.63) is 0 Å². The number of carbonyl (C=O) groups is 2. The van der Waals surface area contributed by atoms with Crippen LogP contribution in [0.4, 0.5) is 4.79 Å². The van der Waals surface area contributed by atoms with Gasteiger partial charge in [-0.3, -0.25) is 4.79 Å². The highest BCUT2D eigenvalue weighted by molar-refractivity contribution is 5.76. The van der Waals surface area contributed by atoms with Gasteiger partial charge in [-0.1, -0.05) is 6.92 Å². The Bertz CT molecular complexity index is 405. The summed E-state index contributed by atoms with van der Waals surface area (Å²) in [5.74, 6) is 0.960. The Balaban J connectivity index is 1.86. The monoisotopic (exact) mass is 310 g/mol. The average Bonchev–Trinajstić information content (AvgIpc) is 3.26. The van der Waals surface area contributed by atoms with Gasteiger partial charge in [0.1, 0.15) is 5.60 Å². The van der Waals surface area contributed by atoms with Gasteiger partial charge in [0.05, 0.1) is 0 Å². The molecule has 0 atom stereocenters. The normalized spacial score (nSPS) is 19.9. The van der Waals surface area contributed by atoms with E-state index in [2.05, 4.69) is 4.90 Å². The Morgan fingerprint density at radius 3 is 2.18 bits per heavy atom. The summed E-state index contributed by atoms with van der Waals surface area (Å²) in [6.07, 6.45) is 4.56. The number of ether oxygens (including phenoxy) is 1. The van der Waals surface area contributed by atoms with Gasteiger partial charge in [-0.05, 0) is 52.4 Å². The third-order valence-corrected chi connectivity index (χ3v) is 4.33. The summed E-state index contributed by atoms with van der Waals surface area (Å²) in [5, 5.41) is 0. The second-order valence-electron chi connectivity index (χ2n) is 7.54. The molecule has 1 saturated carbocycles. The van der Waals surface area contributed by atoms with Crippen LogP contribution in [-0.4, -0.2) is 53.1 Å². The Morgan fingerprint density at radius 1 is 1.14 bits per heavy atom. The maximum absolute atomic E-state index is 12.2. The minimum Gasteiger partial charge on any atom is -0.444 e. The van der Waals surface area contributed by atoms with Crippen LogP contribution >= 0.6 is 0 Å². The number of nitrogens with zero attached hydrogens (tertiary/aromatic N) is 2. The van der Waals surface area contributed by atoms with Gasteiger partial charge in [0.2, 0.25) is 5.91 Å². The maximum atomic E-state index is 12.2. The topological polar surface area (TPSA) is 49.9 Å². The van der Waals surface area contributed by atoms with Crippen molar-refractivity contribution in [3.63, 3.8) is 0 Å². The molecule has 2 amide bonds. The second kappa shape index (κ2) is 6.88. The van der Waals surface area contributed by atoms with Crippen LogP contribution in [0.3, 0.4) is 0 Å². The quantitative estimate of drug-likeness (QED) is 0.802. The van der Waals surface area contributed by atoms with Crippen LogP contribution in [0.1, 0.15) is 59.8 Å². The highest BCUT2D eigenvalue weighted by Gasteiger charge is 2.34. The van der Waals surface area contributed by atoms with Gasteiger partial charge in [0.25, 0.3) is 0 Å². The first-order valence-corrected chi connectivity index (χ1v) is 8.57. The van der Waals surface area contributed by atoms with Crippen molar-refractivity contribution in [2.75, 3.05) is 19.6 Å². The molecule has 0 spiro atoms. The van der Waals surface area contributed by atoms with Crippen LogP contribution in [0.25, 0.3) is 0 Å². The largest absolute Gasteiger partial charge is 0.444 e. The molecule has 5 heteroatoms. The minimum absolute atomic E-state index is 0.235. The molecule has 2 rings (SSSR count). The SMILES string of the molecule is CCC(=O)N(CC1CC1)C1CCN(C(=O)OC(C)(C)C)CC1. The van der Waals surface area contributed by atoms with Gasteiger partial charge in [0, 0.05) is 32.1 Å². The van der Waals surface area contributed by atoms with Crippen molar-refractivity contribution >= 4 is 12.0 Å².